The number of imide groups is 1. The molecule has 0 spiro atoms. The molecule has 0 radical (unpaired) electrons. The second-order valence-electron chi connectivity index (χ2n) is 7.96. The Labute approximate surface area is 164 Å². The summed E-state index contributed by atoms with van der Waals surface area (Å²) in [5.41, 5.74) is 0.756. The van der Waals surface area contributed by atoms with Crippen molar-refractivity contribution in [2.45, 2.75) is 20.3 Å². The zero-order chi connectivity index (χ0) is 19.4. The van der Waals surface area contributed by atoms with E-state index in [0.717, 1.165) is 17.0 Å². The highest BCUT2D eigenvalue weighted by atomic mass is 16.5. The summed E-state index contributed by atoms with van der Waals surface area (Å²) >= 11 is 0. The molecule has 1 aliphatic heterocycles. The first-order valence-corrected chi connectivity index (χ1v) is 10.1. The summed E-state index contributed by atoms with van der Waals surface area (Å²) in [4.78, 5) is 25.9. The zero-order valence-corrected chi connectivity index (χ0v) is 16.1. The first-order chi connectivity index (χ1) is 13.6. The Hall–Kier alpha value is -2.63. The number of allylic oxidation sites excluding steroid dienone is 2. The van der Waals surface area contributed by atoms with Crippen LogP contribution in [0.4, 0.5) is 0 Å². The largest absolute Gasteiger partial charge is 0.490 e. The molecule has 3 fully saturated rings. The maximum absolute atomic E-state index is 12.9. The predicted molar refractivity (Wildman–Crippen MR) is 103 cm³/mol. The van der Waals surface area contributed by atoms with Gasteiger partial charge in [-0.1, -0.05) is 12.2 Å². The minimum Gasteiger partial charge on any atom is -0.490 e. The molecule has 1 aromatic rings. The number of nitrogens with zero attached hydrogens (tertiary/aromatic N) is 2. The number of hydrogen-bond donors (Lipinski definition) is 0. The maximum atomic E-state index is 12.9. The number of amides is 2. The standard InChI is InChI=1S/C22H24N2O4/c1-3-27-17-8-5-12(9-18(17)28-4-2)11-23-24-21(25)19-13-6-7-14(16-10-15(13)16)20(19)22(24)26/h5-9,11,13-16,19-20H,3-4,10H2,1-2H3/b23-11-/t13-,14-,15-,16-,19-,20+/m1/s1. The fraction of sp³-hybridized carbons (Fsp3) is 0.500. The molecule has 6 heteroatoms. The van der Waals surface area contributed by atoms with Crippen molar-refractivity contribution in [2.24, 2.45) is 40.6 Å². The minimum absolute atomic E-state index is 0.146. The van der Waals surface area contributed by atoms with Crippen molar-refractivity contribution in [3.8, 4) is 11.5 Å². The lowest BCUT2D eigenvalue weighted by molar-refractivity contribution is -0.140. The van der Waals surface area contributed by atoms with Crippen LogP contribution in [0.15, 0.2) is 35.5 Å². The number of hydrazone groups is 1. The van der Waals surface area contributed by atoms with Crippen LogP contribution < -0.4 is 9.47 Å². The number of hydrogen-bond acceptors (Lipinski definition) is 5. The van der Waals surface area contributed by atoms with Gasteiger partial charge in [0.2, 0.25) is 0 Å². The molecule has 1 saturated heterocycles. The van der Waals surface area contributed by atoms with Gasteiger partial charge in [0.15, 0.2) is 11.5 Å². The Kier molecular flexibility index (Phi) is 4.03. The Balaban J connectivity index is 1.38. The van der Waals surface area contributed by atoms with Gasteiger partial charge in [0.1, 0.15) is 0 Å². The number of benzene rings is 1. The Morgan fingerprint density at radius 2 is 1.61 bits per heavy atom. The molecular weight excluding hydrogens is 356 g/mol. The second-order valence-corrected chi connectivity index (χ2v) is 7.96. The summed E-state index contributed by atoms with van der Waals surface area (Å²) in [7, 11) is 0. The van der Waals surface area contributed by atoms with Crippen LogP contribution >= 0.6 is 0 Å². The lowest BCUT2D eigenvalue weighted by Gasteiger charge is -2.37. The monoisotopic (exact) mass is 380 g/mol. The molecule has 0 N–H and O–H groups in total. The predicted octanol–water partition coefficient (Wildman–Crippen LogP) is 2.87. The fourth-order valence-corrected chi connectivity index (χ4v) is 5.33. The summed E-state index contributed by atoms with van der Waals surface area (Å²) in [6.07, 6.45) is 7.05. The van der Waals surface area contributed by atoms with E-state index in [1.165, 1.54) is 0 Å². The molecular formula is C22H24N2O4. The normalized spacial score (nSPS) is 34.7. The van der Waals surface area contributed by atoms with Crippen LogP contribution in [0.3, 0.4) is 0 Å². The quantitative estimate of drug-likeness (QED) is 0.432. The summed E-state index contributed by atoms with van der Waals surface area (Å²) in [5, 5.41) is 5.38. The van der Waals surface area contributed by atoms with Crippen LogP contribution in [-0.4, -0.2) is 36.3 Å². The molecule has 2 amide bonds. The van der Waals surface area contributed by atoms with Gasteiger partial charge in [0.05, 0.1) is 31.3 Å². The lowest BCUT2D eigenvalue weighted by Crippen LogP contribution is -2.40. The van der Waals surface area contributed by atoms with Gasteiger partial charge in [0, 0.05) is 0 Å². The van der Waals surface area contributed by atoms with Gasteiger partial charge < -0.3 is 9.47 Å². The molecule has 2 bridgehead atoms. The van der Waals surface area contributed by atoms with E-state index in [2.05, 4.69) is 17.3 Å². The van der Waals surface area contributed by atoms with Gasteiger partial charge in [0.25, 0.3) is 11.8 Å². The van der Waals surface area contributed by atoms with E-state index in [9.17, 15) is 9.59 Å². The molecule has 6 nitrogen and oxygen atoms in total. The number of carbonyl (C=O) groups is 2. The second kappa shape index (κ2) is 6.47. The van der Waals surface area contributed by atoms with E-state index < -0.39 is 0 Å². The molecule has 6 rings (SSSR count). The third-order valence-corrected chi connectivity index (χ3v) is 6.53. The number of rotatable bonds is 6. The van der Waals surface area contributed by atoms with Crippen LogP contribution in [0.25, 0.3) is 0 Å². The summed E-state index contributed by atoms with van der Waals surface area (Å²) in [5.74, 6) is 2.18. The molecule has 0 aromatic heterocycles. The number of ether oxygens (including phenoxy) is 2. The van der Waals surface area contributed by atoms with E-state index in [1.807, 2.05) is 32.0 Å². The van der Waals surface area contributed by atoms with Gasteiger partial charge in [-0.3, -0.25) is 9.59 Å². The van der Waals surface area contributed by atoms with Crippen LogP contribution in [0.1, 0.15) is 25.8 Å². The van der Waals surface area contributed by atoms with Crippen molar-refractivity contribution in [3.05, 3.63) is 35.9 Å². The minimum atomic E-state index is -0.220. The first-order valence-electron chi connectivity index (χ1n) is 10.1. The van der Waals surface area contributed by atoms with Crippen LogP contribution in [0, 0.1) is 35.5 Å². The molecule has 146 valence electrons. The van der Waals surface area contributed by atoms with Crippen molar-refractivity contribution < 1.29 is 19.1 Å². The van der Waals surface area contributed by atoms with Crippen LogP contribution in [0.2, 0.25) is 0 Å². The Bertz CT molecular complexity index is 857. The van der Waals surface area contributed by atoms with Crippen molar-refractivity contribution in [3.63, 3.8) is 0 Å². The van der Waals surface area contributed by atoms with E-state index in [1.54, 1.807) is 6.21 Å². The average Bonchev–Trinajstić information content (AvgIpc) is 3.48. The van der Waals surface area contributed by atoms with Crippen molar-refractivity contribution in [1.29, 1.82) is 0 Å². The molecule has 1 heterocycles. The number of carbonyl (C=O) groups excluding carboxylic acids is 2. The van der Waals surface area contributed by atoms with Gasteiger partial charge in [-0.2, -0.15) is 10.1 Å². The van der Waals surface area contributed by atoms with E-state index in [0.29, 0.717) is 36.5 Å². The lowest BCUT2D eigenvalue weighted by atomic mass is 9.63. The molecule has 28 heavy (non-hydrogen) atoms. The molecule has 6 atom stereocenters. The third kappa shape index (κ3) is 2.50. The van der Waals surface area contributed by atoms with Gasteiger partial charge >= 0.3 is 0 Å². The van der Waals surface area contributed by atoms with E-state index in [4.69, 9.17) is 9.47 Å². The Morgan fingerprint density at radius 1 is 1.00 bits per heavy atom. The van der Waals surface area contributed by atoms with Crippen molar-refractivity contribution in [2.75, 3.05) is 13.2 Å². The van der Waals surface area contributed by atoms with E-state index in [-0.39, 0.29) is 35.5 Å². The van der Waals surface area contributed by atoms with Crippen molar-refractivity contribution >= 4 is 18.0 Å². The molecule has 4 aliphatic carbocycles. The fourth-order valence-electron chi connectivity index (χ4n) is 5.33. The van der Waals surface area contributed by atoms with Crippen LogP contribution in [-0.2, 0) is 9.59 Å². The molecule has 2 saturated carbocycles. The summed E-state index contributed by atoms with van der Waals surface area (Å²) in [6, 6.07) is 5.48. The summed E-state index contributed by atoms with van der Waals surface area (Å²) < 4.78 is 11.2. The third-order valence-electron chi connectivity index (χ3n) is 6.53. The molecule has 5 aliphatic rings. The highest BCUT2D eigenvalue weighted by Crippen LogP contribution is 2.65. The highest BCUT2D eigenvalue weighted by molar-refractivity contribution is 6.06. The van der Waals surface area contributed by atoms with E-state index >= 15 is 0 Å². The van der Waals surface area contributed by atoms with Gasteiger partial charge in [-0.25, -0.2) is 0 Å². The van der Waals surface area contributed by atoms with Crippen molar-refractivity contribution in [1.82, 2.24) is 5.01 Å². The summed E-state index contributed by atoms with van der Waals surface area (Å²) in [6.45, 7) is 4.89. The average molecular weight is 380 g/mol. The topological polar surface area (TPSA) is 68.2 Å². The smallest absolute Gasteiger partial charge is 0.254 e. The SMILES string of the molecule is CCOc1ccc(/C=N\N2C(=O)[C@@H]3[C@@H]4C=C[C@H]([C@H]5C[C@H]45)[C@@H]3C2=O)cc1OCC. The van der Waals surface area contributed by atoms with Gasteiger partial charge in [-0.05, 0) is 67.7 Å². The highest BCUT2D eigenvalue weighted by Gasteiger charge is 2.67. The Morgan fingerprint density at radius 3 is 2.21 bits per heavy atom. The molecule has 0 unspecified atom stereocenters. The zero-order valence-electron chi connectivity index (χ0n) is 16.1. The first kappa shape index (κ1) is 17.5. The maximum Gasteiger partial charge on any atom is 0.254 e. The van der Waals surface area contributed by atoms with Gasteiger partial charge in [-0.15, -0.1) is 0 Å². The molecule has 1 aromatic carbocycles. The van der Waals surface area contributed by atoms with Crippen LogP contribution in [0.5, 0.6) is 11.5 Å².